The van der Waals surface area contributed by atoms with E-state index in [0.717, 1.165) is 5.70 Å². The highest BCUT2D eigenvalue weighted by molar-refractivity contribution is 5.95. The molecule has 1 aromatic carbocycles. The summed E-state index contributed by atoms with van der Waals surface area (Å²) in [6.45, 7) is 6.11. The summed E-state index contributed by atoms with van der Waals surface area (Å²) in [5.41, 5.74) is 6.51. The van der Waals surface area contributed by atoms with Crippen LogP contribution in [0.1, 0.15) is 35.5 Å². The Hall–Kier alpha value is -2.82. The van der Waals surface area contributed by atoms with E-state index in [2.05, 4.69) is 47.5 Å². The van der Waals surface area contributed by atoms with Gasteiger partial charge in [-0.1, -0.05) is 32.0 Å². The molecule has 5 heteroatoms. The minimum atomic E-state index is -0.279. The molecule has 0 saturated carbocycles. The third kappa shape index (κ3) is 2.62. The molecule has 0 spiro atoms. The summed E-state index contributed by atoms with van der Waals surface area (Å²) in [4.78, 5) is 14.1. The molecule has 24 heavy (non-hydrogen) atoms. The fourth-order valence-electron chi connectivity index (χ4n) is 3.19. The van der Waals surface area contributed by atoms with Gasteiger partial charge in [0.15, 0.2) is 0 Å². The topological polar surface area (TPSA) is 57.8 Å². The predicted molar refractivity (Wildman–Crippen MR) is 95.4 cm³/mol. The van der Waals surface area contributed by atoms with Crippen LogP contribution in [-0.4, -0.2) is 19.2 Å². The zero-order valence-electron chi connectivity index (χ0n) is 14.3. The van der Waals surface area contributed by atoms with Crippen molar-refractivity contribution in [1.82, 2.24) is 5.43 Å². The number of nitrogens with one attached hydrogen (secondary N) is 1. The molecular weight excluding hydrogens is 302 g/mol. The van der Waals surface area contributed by atoms with Crippen LogP contribution in [0.3, 0.4) is 0 Å². The summed E-state index contributed by atoms with van der Waals surface area (Å²) in [6, 6.07) is 9.98. The number of carbonyl (C=O) groups is 1. The van der Waals surface area contributed by atoms with Gasteiger partial charge in [0.05, 0.1) is 11.8 Å². The molecule has 1 aliphatic heterocycles. The fraction of sp³-hybridized carbons (Fsp3) is 0.263. The van der Waals surface area contributed by atoms with Gasteiger partial charge in [-0.2, -0.15) is 5.10 Å². The van der Waals surface area contributed by atoms with Crippen molar-refractivity contribution in [2.75, 3.05) is 11.9 Å². The van der Waals surface area contributed by atoms with Crippen molar-refractivity contribution < 1.29 is 9.21 Å². The maximum atomic E-state index is 12.0. The van der Waals surface area contributed by atoms with E-state index in [9.17, 15) is 4.79 Å². The Labute approximate surface area is 141 Å². The monoisotopic (exact) mass is 323 g/mol. The van der Waals surface area contributed by atoms with Crippen LogP contribution >= 0.6 is 0 Å². The number of fused-ring (bicyclic) bond motifs is 1. The Bertz CT molecular complexity index is 831. The second-order valence-electron chi connectivity index (χ2n) is 6.36. The third-order valence-electron chi connectivity index (χ3n) is 4.52. The van der Waals surface area contributed by atoms with Gasteiger partial charge in [-0.05, 0) is 30.7 Å². The molecular formula is C19H21N3O2. The fourth-order valence-corrected chi connectivity index (χ4v) is 3.19. The number of allylic oxidation sites excluding steroid dienone is 2. The average Bonchev–Trinajstić information content (AvgIpc) is 3.06. The number of hydrazone groups is 1. The summed E-state index contributed by atoms with van der Waals surface area (Å²) < 4.78 is 5.12. The number of hydrogen-bond acceptors (Lipinski definition) is 4. The number of hydrogen-bond donors (Lipinski definition) is 1. The van der Waals surface area contributed by atoms with E-state index in [0.29, 0.717) is 11.3 Å². The number of nitrogens with zero attached hydrogens (tertiary/aromatic N) is 2. The summed E-state index contributed by atoms with van der Waals surface area (Å²) in [6.07, 6.45) is 5.04. The molecule has 2 aromatic rings. The maximum absolute atomic E-state index is 12.0. The highest BCUT2D eigenvalue weighted by atomic mass is 16.3. The van der Waals surface area contributed by atoms with E-state index < -0.39 is 0 Å². The van der Waals surface area contributed by atoms with Crippen molar-refractivity contribution in [2.24, 2.45) is 5.10 Å². The van der Waals surface area contributed by atoms with Crippen LogP contribution in [0, 0.1) is 6.92 Å². The SMILES string of the molecule is Cc1occc1C(=O)N/N=C\C=C1\N(C)c2ccccc2C1(C)C. The van der Waals surface area contributed by atoms with Gasteiger partial charge < -0.3 is 9.32 Å². The van der Waals surface area contributed by atoms with Gasteiger partial charge in [0.2, 0.25) is 0 Å². The van der Waals surface area contributed by atoms with E-state index in [1.807, 2.05) is 19.2 Å². The Morgan fingerprint density at radius 2 is 2.04 bits per heavy atom. The van der Waals surface area contributed by atoms with Crippen LogP contribution in [0.5, 0.6) is 0 Å². The lowest BCUT2D eigenvalue weighted by atomic mass is 9.84. The highest BCUT2D eigenvalue weighted by Gasteiger charge is 2.37. The first-order valence-corrected chi connectivity index (χ1v) is 7.84. The van der Waals surface area contributed by atoms with E-state index in [1.54, 1.807) is 19.2 Å². The lowest BCUT2D eigenvalue weighted by Gasteiger charge is -2.23. The molecule has 0 unspecified atom stereocenters. The Balaban J connectivity index is 1.76. The first kappa shape index (κ1) is 16.1. The quantitative estimate of drug-likeness (QED) is 0.693. The first-order chi connectivity index (χ1) is 11.4. The van der Waals surface area contributed by atoms with Crippen LogP contribution in [0.2, 0.25) is 0 Å². The van der Waals surface area contributed by atoms with Crippen LogP contribution in [0.4, 0.5) is 5.69 Å². The molecule has 2 heterocycles. The lowest BCUT2D eigenvalue weighted by Crippen LogP contribution is -2.23. The zero-order valence-corrected chi connectivity index (χ0v) is 14.3. The van der Waals surface area contributed by atoms with Gasteiger partial charge in [0.25, 0.3) is 5.91 Å². The van der Waals surface area contributed by atoms with E-state index >= 15 is 0 Å². The number of furan rings is 1. The largest absolute Gasteiger partial charge is 0.469 e. The van der Waals surface area contributed by atoms with Crippen molar-refractivity contribution in [3.05, 3.63) is 65.3 Å². The number of para-hydroxylation sites is 1. The van der Waals surface area contributed by atoms with Crippen LogP contribution < -0.4 is 10.3 Å². The number of anilines is 1. The number of rotatable bonds is 3. The number of aryl methyl sites for hydroxylation is 1. The molecule has 5 nitrogen and oxygen atoms in total. The zero-order chi connectivity index (χ0) is 17.3. The Morgan fingerprint density at radius 1 is 1.29 bits per heavy atom. The van der Waals surface area contributed by atoms with Crippen molar-refractivity contribution in [3.8, 4) is 0 Å². The van der Waals surface area contributed by atoms with Gasteiger partial charge in [-0.3, -0.25) is 4.79 Å². The van der Waals surface area contributed by atoms with Gasteiger partial charge >= 0.3 is 0 Å². The van der Waals surface area contributed by atoms with E-state index in [-0.39, 0.29) is 11.3 Å². The molecule has 3 rings (SSSR count). The highest BCUT2D eigenvalue weighted by Crippen LogP contribution is 2.46. The molecule has 0 radical (unpaired) electrons. The minimum absolute atomic E-state index is 0.109. The molecule has 1 N–H and O–H groups in total. The van der Waals surface area contributed by atoms with Crippen molar-refractivity contribution >= 4 is 17.8 Å². The minimum Gasteiger partial charge on any atom is -0.469 e. The van der Waals surface area contributed by atoms with Crippen LogP contribution in [0.25, 0.3) is 0 Å². The lowest BCUT2D eigenvalue weighted by molar-refractivity contribution is 0.0953. The van der Waals surface area contributed by atoms with E-state index in [1.165, 1.54) is 17.5 Å². The van der Waals surface area contributed by atoms with E-state index in [4.69, 9.17) is 4.42 Å². The van der Waals surface area contributed by atoms with Crippen LogP contribution in [0.15, 0.2) is 57.9 Å². The third-order valence-corrected chi connectivity index (χ3v) is 4.52. The summed E-state index contributed by atoms with van der Waals surface area (Å²) in [5.74, 6) is 0.298. The number of likely N-dealkylation sites (N-methyl/N-ethyl adjacent to an activating group) is 1. The van der Waals surface area contributed by atoms with Gasteiger partial charge in [-0.15, -0.1) is 0 Å². The van der Waals surface area contributed by atoms with Gasteiger partial charge in [-0.25, -0.2) is 5.43 Å². The standard InChI is InChI=1S/C19H21N3O2/c1-13-14(10-12-24-13)18(23)21-20-11-9-17-19(2,3)15-7-5-6-8-16(15)22(17)4/h5-12H,1-4H3,(H,21,23)/b17-9+,20-11-. The summed E-state index contributed by atoms with van der Waals surface area (Å²) in [7, 11) is 2.04. The second-order valence-corrected chi connectivity index (χ2v) is 6.36. The summed E-state index contributed by atoms with van der Waals surface area (Å²) >= 11 is 0. The number of benzene rings is 1. The van der Waals surface area contributed by atoms with Gasteiger partial charge in [0.1, 0.15) is 5.76 Å². The van der Waals surface area contributed by atoms with Crippen molar-refractivity contribution in [2.45, 2.75) is 26.2 Å². The number of amides is 1. The molecule has 0 aliphatic carbocycles. The molecule has 1 amide bonds. The van der Waals surface area contributed by atoms with Gasteiger partial charge in [0, 0.05) is 30.1 Å². The maximum Gasteiger partial charge on any atom is 0.274 e. The molecule has 1 aliphatic rings. The predicted octanol–water partition coefficient (Wildman–Crippen LogP) is 3.62. The molecule has 0 bridgehead atoms. The normalized spacial score (nSPS) is 17.5. The molecule has 0 atom stereocenters. The number of carbonyl (C=O) groups excluding carboxylic acids is 1. The molecule has 1 aromatic heterocycles. The average molecular weight is 323 g/mol. The Kier molecular flexibility index (Phi) is 4.01. The first-order valence-electron chi connectivity index (χ1n) is 7.84. The molecule has 0 fully saturated rings. The Morgan fingerprint density at radius 3 is 2.71 bits per heavy atom. The van der Waals surface area contributed by atoms with Crippen molar-refractivity contribution in [1.29, 1.82) is 0 Å². The van der Waals surface area contributed by atoms with Crippen molar-refractivity contribution in [3.63, 3.8) is 0 Å². The summed E-state index contributed by atoms with van der Waals surface area (Å²) in [5, 5.41) is 4.03. The second kappa shape index (κ2) is 6.00. The molecule has 0 saturated heterocycles. The van der Waals surface area contributed by atoms with Crippen LogP contribution in [-0.2, 0) is 5.41 Å². The smallest absolute Gasteiger partial charge is 0.274 e. The molecule has 124 valence electrons.